The predicted molar refractivity (Wildman–Crippen MR) is 77.9 cm³/mol. The highest BCUT2D eigenvalue weighted by Gasteiger charge is 2.40. The van der Waals surface area contributed by atoms with Gasteiger partial charge in [-0.15, -0.1) is 0 Å². The van der Waals surface area contributed by atoms with E-state index in [1.807, 2.05) is 6.92 Å². The third-order valence-electron chi connectivity index (χ3n) is 4.89. The van der Waals surface area contributed by atoms with Gasteiger partial charge in [-0.25, -0.2) is 0 Å². The third-order valence-corrected chi connectivity index (χ3v) is 4.89. The van der Waals surface area contributed by atoms with Gasteiger partial charge >= 0.3 is 5.97 Å². The fourth-order valence-corrected chi connectivity index (χ4v) is 2.87. The normalized spacial score (nSPS) is 25.3. The van der Waals surface area contributed by atoms with Crippen LogP contribution in [0.3, 0.4) is 0 Å². The number of ether oxygens (including phenoxy) is 1. The van der Waals surface area contributed by atoms with Gasteiger partial charge in [0.15, 0.2) is 0 Å². The van der Waals surface area contributed by atoms with E-state index in [2.05, 4.69) is 5.32 Å². The molecule has 1 unspecified atom stereocenters. The first-order chi connectivity index (χ1) is 9.74. The van der Waals surface area contributed by atoms with Crippen molar-refractivity contribution in [2.75, 3.05) is 32.8 Å². The van der Waals surface area contributed by atoms with Crippen LogP contribution in [-0.2, 0) is 14.3 Å². The molecule has 0 radical (unpaired) electrons. The minimum atomic E-state index is -0.802. The summed E-state index contributed by atoms with van der Waals surface area (Å²) in [6.07, 6.45) is 1.71. The van der Waals surface area contributed by atoms with Crippen molar-refractivity contribution in [3.05, 3.63) is 0 Å². The molecule has 6 heteroatoms. The number of piperidine rings is 1. The maximum absolute atomic E-state index is 12.3. The first kappa shape index (κ1) is 16.2. The third kappa shape index (κ3) is 3.55. The van der Waals surface area contributed by atoms with Crippen LogP contribution in [0.4, 0.5) is 0 Å². The predicted octanol–water partition coefficient (Wildman–Crippen LogP) is 0.714. The highest BCUT2D eigenvalue weighted by Crippen LogP contribution is 2.34. The van der Waals surface area contributed by atoms with Crippen LogP contribution < -0.4 is 5.32 Å². The first-order valence-electron chi connectivity index (χ1n) is 7.60. The number of carboxylic acids is 1. The van der Waals surface area contributed by atoms with Gasteiger partial charge in [-0.1, -0.05) is 0 Å². The zero-order valence-corrected chi connectivity index (χ0v) is 13.1. The molecule has 0 saturated carbocycles. The molecule has 6 nitrogen and oxygen atoms in total. The van der Waals surface area contributed by atoms with E-state index in [9.17, 15) is 14.7 Å². The van der Waals surface area contributed by atoms with Crippen LogP contribution in [0.25, 0.3) is 0 Å². The van der Waals surface area contributed by atoms with Gasteiger partial charge in [0.1, 0.15) is 6.61 Å². The molecule has 2 saturated heterocycles. The SMILES string of the molecule is CC1(OCC(=O)N2CCCC(C(C)(C)C(=O)O)C2)CNC1. The number of hydrogen-bond acceptors (Lipinski definition) is 4. The van der Waals surface area contributed by atoms with Crippen LogP contribution in [0.2, 0.25) is 0 Å². The van der Waals surface area contributed by atoms with Crippen LogP contribution in [0, 0.1) is 11.3 Å². The maximum atomic E-state index is 12.3. The Kier molecular flexibility index (Phi) is 4.58. The Labute approximate surface area is 125 Å². The smallest absolute Gasteiger partial charge is 0.309 e. The molecule has 0 aromatic carbocycles. The standard InChI is InChI=1S/C15H26N2O4/c1-14(2,13(19)20)11-5-4-6-17(7-11)12(18)8-21-15(3)9-16-10-15/h11,16H,4-10H2,1-3H3,(H,19,20). The van der Waals surface area contributed by atoms with Gasteiger partial charge in [-0.3, -0.25) is 9.59 Å². The Morgan fingerprint density at radius 2 is 2.10 bits per heavy atom. The molecular formula is C15H26N2O4. The second-order valence-electron chi connectivity index (χ2n) is 7.05. The number of carboxylic acid groups (broad SMARTS) is 1. The number of carbonyl (C=O) groups excluding carboxylic acids is 1. The van der Waals surface area contributed by atoms with E-state index in [1.165, 1.54) is 0 Å². The topological polar surface area (TPSA) is 78.9 Å². The number of hydrogen-bond donors (Lipinski definition) is 2. The first-order valence-corrected chi connectivity index (χ1v) is 7.60. The van der Waals surface area contributed by atoms with Gasteiger partial charge in [0.25, 0.3) is 0 Å². The molecule has 0 aromatic rings. The molecular weight excluding hydrogens is 272 g/mol. The number of carbonyl (C=O) groups is 2. The number of likely N-dealkylation sites (tertiary alicyclic amines) is 1. The van der Waals surface area contributed by atoms with E-state index in [1.54, 1.807) is 18.7 Å². The van der Waals surface area contributed by atoms with E-state index >= 15 is 0 Å². The van der Waals surface area contributed by atoms with Gasteiger partial charge in [-0.05, 0) is 39.5 Å². The highest BCUT2D eigenvalue weighted by molar-refractivity contribution is 5.78. The van der Waals surface area contributed by atoms with Crippen molar-refractivity contribution in [3.63, 3.8) is 0 Å². The number of aliphatic carboxylic acids is 1. The summed E-state index contributed by atoms with van der Waals surface area (Å²) in [6, 6.07) is 0. The summed E-state index contributed by atoms with van der Waals surface area (Å²) < 4.78 is 5.68. The lowest BCUT2D eigenvalue weighted by molar-refractivity contribution is -0.156. The Hall–Kier alpha value is -1.14. The van der Waals surface area contributed by atoms with Crippen LogP contribution in [-0.4, -0.2) is 60.3 Å². The van der Waals surface area contributed by atoms with E-state index in [-0.39, 0.29) is 24.0 Å². The summed E-state index contributed by atoms with van der Waals surface area (Å²) in [6.45, 7) is 8.31. The monoisotopic (exact) mass is 298 g/mol. The molecule has 2 heterocycles. The van der Waals surface area contributed by atoms with Gasteiger partial charge in [0, 0.05) is 26.2 Å². The molecule has 21 heavy (non-hydrogen) atoms. The summed E-state index contributed by atoms with van der Waals surface area (Å²) in [4.78, 5) is 25.4. The summed E-state index contributed by atoms with van der Waals surface area (Å²) >= 11 is 0. The van der Waals surface area contributed by atoms with Crippen molar-refractivity contribution >= 4 is 11.9 Å². The summed E-state index contributed by atoms with van der Waals surface area (Å²) in [7, 11) is 0. The number of nitrogens with one attached hydrogen (secondary N) is 1. The lowest BCUT2D eigenvalue weighted by Crippen LogP contribution is -2.60. The fourth-order valence-electron chi connectivity index (χ4n) is 2.87. The molecule has 2 aliphatic heterocycles. The fraction of sp³-hybridized carbons (Fsp3) is 0.867. The van der Waals surface area contributed by atoms with Crippen molar-refractivity contribution in [1.29, 1.82) is 0 Å². The van der Waals surface area contributed by atoms with Gasteiger partial charge in [-0.2, -0.15) is 0 Å². The van der Waals surface area contributed by atoms with Crippen LogP contribution in [0.1, 0.15) is 33.6 Å². The maximum Gasteiger partial charge on any atom is 0.309 e. The van der Waals surface area contributed by atoms with Gasteiger partial charge < -0.3 is 20.1 Å². The largest absolute Gasteiger partial charge is 0.481 e. The molecule has 1 amide bonds. The molecule has 2 rings (SSSR count). The quantitative estimate of drug-likeness (QED) is 0.781. The van der Waals surface area contributed by atoms with Crippen LogP contribution >= 0.6 is 0 Å². The van der Waals surface area contributed by atoms with Crippen molar-refractivity contribution < 1.29 is 19.4 Å². The average molecular weight is 298 g/mol. The molecule has 2 aliphatic rings. The molecule has 0 aromatic heterocycles. The zero-order valence-electron chi connectivity index (χ0n) is 13.1. The number of nitrogens with zero attached hydrogens (tertiary/aromatic N) is 1. The van der Waals surface area contributed by atoms with E-state index in [0.29, 0.717) is 13.1 Å². The van der Waals surface area contributed by atoms with Gasteiger partial charge in [0.2, 0.25) is 5.91 Å². The second kappa shape index (κ2) is 5.93. The highest BCUT2D eigenvalue weighted by atomic mass is 16.5. The Morgan fingerprint density at radius 3 is 2.62 bits per heavy atom. The number of rotatable bonds is 5. The van der Waals surface area contributed by atoms with Crippen molar-refractivity contribution in [3.8, 4) is 0 Å². The number of amides is 1. The summed E-state index contributed by atoms with van der Waals surface area (Å²) in [5.74, 6) is -0.839. The molecule has 0 aliphatic carbocycles. The van der Waals surface area contributed by atoms with Crippen LogP contribution in [0.5, 0.6) is 0 Å². The molecule has 2 N–H and O–H groups in total. The van der Waals surface area contributed by atoms with Crippen molar-refractivity contribution in [2.24, 2.45) is 11.3 Å². The molecule has 0 bridgehead atoms. The zero-order chi connectivity index (χ0) is 15.7. The molecule has 120 valence electrons. The van der Waals surface area contributed by atoms with E-state index in [0.717, 1.165) is 25.9 Å². The van der Waals surface area contributed by atoms with Crippen molar-refractivity contribution in [2.45, 2.75) is 39.2 Å². The molecule has 0 spiro atoms. The minimum Gasteiger partial charge on any atom is -0.481 e. The average Bonchev–Trinajstić information content (AvgIpc) is 2.42. The second-order valence-corrected chi connectivity index (χ2v) is 7.05. The van der Waals surface area contributed by atoms with Gasteiger partial charge in [0.05, 0.1) is 11.0 Å². The van der Waals surface area contributed by atoms with E-state index < -0.39 is 11.4 Å². The summed E-state index contributed by atoms with van der Waals surface area (Å²) in [5.41, 5.74) is -1.03. The molecule has 1 atom stereocenters. The van der Waals surface area contributed by atoms with Crippen LogP contribution in [0.15, 0.2) is 0 Å². The Balaban J connectivity index is 1.88. The Morgan fingerprint density at radius 1 is 1.43 bits per heavy atom. The lowest BCUT2D eigenvalue weighted by atomic mass is 9.74. The lowest BCUT2D eigenvalue weighted by Gasteiger charge is -2.41. The Bertz CT molecular complexity index is 418. The molecule has 2 fully saturated rings. The minimum absolute atomic E-state index is 0.00587. The van der Waals surface area contributed by atoms with Crippen molar-refractivity contribution in [1.82, 2.24) is 10.2 Å². The summed E-state index contributed by atoms with van der Waals surface area (Å²) in [5, 5.41) is 12.5. The van der Waals surface area contributed by atoms with E-state index in [4.69, 9.17) is 4.74 Å².